The fourth-order valence-corrected chi connectivity index (χ4v) is 3.54. The molecule has 0 radical (unpaired) electrons. The van der Waals surface area contributed by atoms with E-state index in [1.54, 1.807) is 13.2 Å². The van der Waals surface area contributed by atoms with Gasteiger partial charge in [-0.1, -0.05) is 28.1 Å². The van der Waals surface area contributed by atoms with Crippen LogP contribution in [-0.2, 0) is 6.42 Å². The molecule has 4 rings (SSSR count). The van der Waals surface area contributed by atoms with Crippen LogP contribution in [0.4, 0.5) is 5.82 Å². The molecular formula is C19H15BrN4O. The Morgan fingerprint density at radius 3 is 2.92 bits per heavy atom. The number of fused-ring (bicyclic) bond motifs is 1. The summed E-state index contributed by atoms with van der Waals surface area (Å²) in [5.74, 6) is 1.72. The number of aromatic nitrogens is 2. The van der Waals surface area contributed by atoms with Crippen molar-refractivity contribution in [2.45, 2.75) is 6.42 Å². The van der Waals surface area contributed by atoms with Gasteiger partial charge in [-0.2, -0.15) is 10.4 Å². The van der Waals surface area contributed by atoms with Crippen LogP contribution in [0.5, 0.6) is 5.75 Å². The average Bonchev–Trinajstić information content (AvgIpc) is 3.24. The van der Waals surface area contributed by atoms with Gasteiger partial charge in [-0.25, -0.2) is 4.68 Å². The van der Waals surface area contributed by atoms with E-state index in [9.17, 15) is 5.26 Å². The standard InChI is InChI=1S/C19H15BrN4O/c1-25-17-7-6-13(20)10-15(17)18-14-8-9-22-19(14)24(23-18)16-5-3-2-4-12(16)11-21/h2-7,10,22H,8-9H2,1H3. The molecule has 1 aromatic heterocycles. The summed E-state index contributed by atoms with van der Waals surface area (Å²) in [6.07, 6.45) is 0.884. The lowest BCUT2D eigenvalue weighted by atomic mass is 10.1. The molecule has 0 aliphatic carbocycles. The average molecular weight is 395 g/mol. The second-order valence-electron chi connectivity index (χ2n) is 5.74. The molecule has 0 saturated heterocycles. The van der Waals surface area contributed by atoms with Crippen molar-refractivity contribution in [1.29, 1.82) is 5.26 Å². The molecule has 1 N–H and O–H groups in total. The molecule has 0 saturated carbocycles. The normalized spacial score (nSPS) is 12.4. The monoisotopic (exact) mass is 394 g/mol. The molecule has 0 atom stereocenters. The predicted molar refractivity (Wildman–Crippen MR) is 100 cm³/mol. The maximum absolute atomic E-state index is 9.43. The van der Waals surface area contributed by atoms with Crippen LogP contribution in [-0.4, -0.2) is 23.4 Å². The molecule has 0 amide bonds. The minimum absolute atomic E-state index is 0.592. The number of benzene rings is 2. The molecule has 0 bridgehead atoms. The summed E-state index contributed by atoms with van der Waals surface area (Å²) in [4.78, 5) is 0. The quantitative estimate of drug-likeness (QED) is 0.724. The first-order valence-electron chi connectivity index (χ1n) is 7.92. The molecule has 0 fully saturated rings. The number of para-hydroxylation sites is 1. The summed E-state index contributed by atoms with van der Waals surface area (Å²) in [6.45, 7) is 0.852. The summed E-state index contributed by atoms with van der Waals surface area (Å²) in [5, 5.41) is 17.7. The van der Waals surface area contributed by atoms with Crippen LogP contribution in [0.1, 0.15) is 11.1 Å². The van der Waals surface area contributed by atoms with Gasteiger partial charge in [-0.05, 0) is 36.8 Å². The minimum atomic E-state index is 0.592. The number of nitrogens with zero attached hydrogens (tertiary/aromatic N) is 3. The van der Waals surface area contributed by atoms with Crippen LogP contribution in [0.15, 0.2) is 46.9 Å². The maximum Gasteiger partial charge on any atom is 0.133 e. The van der Waals surface area contributed by atoms with Gasteiger partial charge in [0.05, 0.1) is 18.4 Å². The highest BCUT2D eigenvalue weighted by Crippen LogP contribution is 2.39. The lowest BCUT2D eigenvalue weighted by molar-refractivity contribution is 0.416. The van der Waals surface area contributed by atoms with Gasteiger partial charge in [0.15, 0.2) is 0 Å². The number of ether oxygens (including phenoxy) is 1. The fraction of sp³-hybridized carbons (Fsp3) is 0.158. The Balaban J connectivity index is 1.96. The first kappa shape index (κ1) is 15.7. The van der Waals surface area contributed by atoms with Crippen LogP contribution in [0, 0.1) is 11.3 Å². The lowest BCUT2D eigenvalue weighted by Crippen LogP contribution is -2.06. The van der Waals surface area contributed by atoms with E-state index in [-0.39, 0.29) is 0 Å². The molecule has 5 nitrogen and oxygen atoms in total. The predicted octanol–water partition coefficient (Wildman–Crippen LogP) is 4.15. The molecule has 0 unspecified atom stereocenters. The Morgan fingerprint density at radius 2 is 2.12 bits per heavy atom. The number of halogens is 1. The van der Waals surface area contributed by atoms with Crippen molar-refractivity contribution in [3.63, 3.8) is 0 Å². The third kappa shape index (κ3) is 2.57. The molecule has 2 heterocycles. The van der Waals surface area contributed by atoms with Gasteiger partial charge in [0.25, 0.3) is 0 Å². The molecule has 1 aliphatic heterocycles. The van der Waals surface area contributed by atoms with E-state index in [4.69, 9.17) is 9.84 Å². The van der Waals surface area contributed by atoms with Crippen molar-refractivity contribution in [2.75, 3.05) is 19.0 Å². The molecule has 3 aromatic rings. The van der Waals surface area contributed by atoms with E-state index in [0.29, 0.717) is 5.56 Å². The van der Waals surface area contributed by atoms with Crippen molar-refractivity contribution in [3.05, 3.63) is 58.1 Å². The van der Waals surface area contributed by atoms with Gasteiger partial charge >= 0.3 is 0 Å². The number of nitrogens with one attached hydrogen (secondary N) is 1. The number of hydrogen-bond acceptors (Lipinski definition) is 4. The summed E-state index contributed by atoms with van der Waals surface area (Å²) < 4.78 is 8.33. The molecule has 2 aromatic carbocycles. The van der Waals surface area contributed by atoms with Gasteiger partial charge in [-0.15, -0.1) is 0 Å². The van der Waals surface area contributed by atoms with Crippen LogP contribution in [0.3, 0.4) is 0 Å². The van der Waals surface area contributed by atoms with E-state index in [2.05, 4.69) is 27.3 Å². The van der Waals surface area contributed by atoms with Gasteiger partial charge in [-0.3, -0.25) is 0 Å². The second kappa shape index (κ2) is 6.26. The number of methoxy groups -OCH3 is 1. The van der Waals surface area contributed by atoms with Crippen LogP contribution in [0.25, 0.3) is 16.9 Å². The molecule has 0 spiro atoms. The van der Waals surface area contributed by atoms with Crippen molar-refractivity contribution < 1.29 is 4.74 Å². The summed E-state index contributed by atoms with van der Waals surface area (Å²) in [5.41, 5.74) is 4.32. The Kier molecular flexibility index (Phi) is 3.94. The number of anilines is 1. The molecular weight excluding hydrogens is 380 g/mol. The van der Waals surface area contributed by atoms with E-state index >= 15 is 0 Å². The Bertz CT molecular complexity index is 1000. The first-order chi connectivity index (χ1) is 12.2. The topological polar surface area (TPSA) is 62.9 Å². The Hall–Kier alpha value is -2.78. The highest BCUT2D eigenvalue weighted by molar-refractivity contribution is 9.10. The first-order valence-corrected chi connectivity index (χ1v) is 8.71. The van der Waals surface area contributed by atoms with Crippen molar-refractivity contribution in [3.8, 4) is 28.8 Å². The Labute approximate surface area is 154 Å². The molecule has 124 valence electrons. The van der Waals surface area contributed by atoms with Gasteiger partial charge < -0.3 is 10.1 Å². The SMILES string of the molecule is COc1ccc(Br)cc1-c1nn(-c2ccccc2C#N)c2c1CCN2. The zero-order valence-electron chi connectivity index (χ0n) is 13.6. The van der Waals surface area contributed by atoms with Crippen LogP contribution < -0.4 is 10.1 Å². The van der Waals surface area contributed by atoms with Gasteiger partial charge in [0.2, 0.25) is 0 Å². The van der Waals surface area contributed by atoms with E-state index in [1.807, 2.05) is 41.1 Å². The number of rotatable bonds is 3. The highest BCUT2D eigenvalue weighted by atomic mass is 79.9. The van der Waals surface area contributed by atoms with E-state index < -0.39 is 0 Å². The zero-order chi connectivity index (χ0) is 17.4. The third-order valence-electron chi connectivity index (χ3n) is 4.32. The largest absolute Gasteiger partial charge is 0.496 e. The Morgan fingerprint density at radius 1 is 1.28 bits per heavy atom. The number of hydrogen-bond donors (Lipinski definition) is 1. The second-order valence-corrected chi connectivity index (χ2v) is 6.65. The van der Waals surface area contributed by atoms with E-state index in [0.717, 1.165) is 51.5 Å². The summed E-state index contributed by atoms with van der Waals surface area (Å²) in [6, 6.07) is 15.6. The number of nitriles is 1. The molecule has 25 heavy (non-hydrogen) atoms. The summed E-state index contributed by atoms with van der Waals surface area (Å²) >= 11 is 3.53. The van der Waals surface area contributed by atoms with Gasteiger partial charge in [0.1, 0.15) is 23.3 Å². The highest BCUT2D eigenvalue weighted by Gasteiger charge is 2.26. The van der Waals surface area contributed by atoms with Crippen molar-refractivity contribution >= 4 is 21.7 Å². The van der Waals surface area contributed by atoms with Crippen LogP contribution in [0.2, 0.25) is 0 Å². The zero-order valence-corrected chi connectivity index (χ0v) is 15.2. The van der Waals surface area contributed by atoms with Crippen molar-refractivity contribution in [2.24, 2.45) is 0 Å². The van der Waals surface area contributed by atoms with Gasteiger partial charge in [0, 0.05) is 22.1 Å². The van der Waals surface area contributed by atoms with Crippen molar-refractivity contribution in [1.82, 2.24) is 9.78 Å². The smallest absolute Gasteiger partial charge is 0.133 e. The molecule has 6 heteroatoms. The van der Waals surface area contributed by atoms with Crippen LogP contribution >= 0.6 is 15.9 Å². The maximum atomic E-state index is 9.43. The summed E-state index contributed by atoms with van der Waals surface area (Å²) in [7, 11) is 1.66. The lowest BCUT2D eigenvalue weighted by Gasteiger charge is -2.09. The third-order valence-corrected chi connectivity index (χ3v) is 4.81. The van der Waals surface area contributed by atoms with E-state index in [1.165, 1.54) is 0 Å². The molecule has 1 aliphatic rings. The fourth-order valence-electron chi connectivity index (χ4n) is 3.18. The minimum Gasteiger partial charge on any atom is -0.496 e.